The summed E-state index contributed by atoms with van der Waals surface area (Å²) >= 11 is 0. The number of hydrogen-bond acceptors (Lipinski definition) is 3. The minimum absolute atomic E-state index is 0.359. The molecule has 1 aliphatic rings. The Labute approximate surface area is 146 Å². The highest BCUT2D eigenvalue weighted by Gasteiger charge is 2.27. The van der Waals surface area contributed by atoms with Crippen molar-refractivity contribution in [2.45, 2.75) is 51.6 Å². The number of aliphatic carboxylic acids is 1. The maximum Gasteiger partial charge on any atom is 0.325 e. The zero-order chi connectivity index (χ0) is 18.1. The number of ether oxygens (including phenoxy) is 1. The average molecular weight is 344 g/mol. The van der Waals surface area contributed by atoms with Crippen molar-refractivity contribution in [3.63, 3.8) is 0 Å². The van der Waals surface area contributed by atoms with E-state index in [2.05, 4.69) is 9.88 Å². The van der Waals surface area contributed by atoms with Gasteiger partial charge in [-0.1, -0.05) is 12.8 Å². The van der Waals surface area contributed by atoms with E-state index in [0.717, 1.165) is 29.4 Å². The smallest absolute Gasteiger partial charge is 0.325 e. The monoisotopic (exact) mass is 344 g/mol. The van der Waals surface area contributed by atoms with Crippen LogP contribution in [0.3, 0.4) is 0 Å². The fourth-order valence-electron chi connectivity index (χ4n) is 3.80. The molecule has 1 fully saturated rings. The molecule has 0 radical (unpaired) electrons. The summed E-state index contributed by atoms with van der Waals surface area (Å²) in [5.74, 6) is -0.734. The number of nitrogens with zero attached hydrogens (tertiary/aromatic N) is 1. The summed E-state index contributed by atoms with van der Waals surface area (Å²) in [6, 6.07) is 5.18. The summed E-state index contributed by atoms with van der Waals surface area (Å²) in [5, 5.41) is 12.5. The zero-order valence-corrected chi connectivity index (χ0v) is 14.8. The van der Waals surface area contributed by atoms with Gasteiger partial charge in [0, 0.05) is 22.6 Å². The first kappa shape index (κ1) is 17.3. The lowest BCUT2D eigenvalue weighted by atomic mass is 10.1. The molecule has 1 saturated carbocycles. The van der Waals surface area contributed by atoms with Crippen molar-refractivity contribution in [3.8, 4) is 5.75 Å². The van der Waals surface area contributed by atoms with E-state index in [1.165, 1.54) is 19.8 Å². The van der Waals surface area contributed by atoms with Crippen LogP contribution < -0.4 is 10.1 Å². The van der Waals surface area contributed by atoms with Crippen molar-refractivity contribution in [1.29, 1.82) is 0 Å². The minimum atomic E-state index is -1.05. The Morgan fingerprint density at radius 1 is 1.32 bits per heavy atom. The van der Waals surface area contributed by atoms with Crippen LogP contribution in [0.4, 0.5) is 0 Å². The van der Waals surface area contributed by atoms with Gasteiger partial charge in [0.1, 0.15) is 11.8 Å². The van der Waals surface area contributed by atoms with Crippen LogP contribution in [0.15, 0.2) is 18.2 Å². The standard InChI is InChI=1S/C19H24N2O4/c1-11(19(23)24)20-18(22)17-12(2)21(13-6-4-5-7-13)16-9-8-14(25-3)10-15(16)17/h8-11,13H,4-7H2,1-3H3,(H,20,22)(H,23,24)/t11-/m0/s1. The number of nitrogens with one attached hydrogen (secondary N) is 1. The molecule has 2 aromatic rings. The molecule has 0 saturated heterocycles. The molecular formula is C19H24N2O4. The molecule has 3 rings (SSSR count). The second-order valence-electron chi connectivity index (χ2n) is 6.69. The maximum atomic E-state index is 12.8. The van der Waals surface area contributed by atoms with Gasteiger partial charge in [0.05, 0.1) is 12.7 Å². The van der Waals surface area contributed by atoms with Gasteiger partial charge in [-0.25, -0.2) is 0 Å². The highest BCUT2D eigenvalue weighted by Crippen LogP contribution is 2.38. The van der Waals surface area contributed by atoms with E-state index < -0.39 is 12.0 Å². The van der Waals surface area contributed by atoms with Crippen molar-refractivity contribution >= 4 is 22.8 Å². The Balaban J connectivity index is 2.13. The molecule has 1 amide bonds. The number of aromatic nitrogens is 1. The van der Waals surface area contributed by atoms with Crippen LogP contribution in [0.25, 0.3) is 10.9 Å². The second-order valence-corrected chi connectivity index (χ2v) is 6.69. The number of carbonyl (C=O) groups is 2. The molecule has 6 heteroatoms. The largest absolute Gasteiger partial charge is 0.497 e. The normalized spacial score (nSPS) is 16.1. The molecule has 6 nitrogen and oxygen atoms in total. The number of benzene rings is 1. The fraction of sp³-hybridized carbons (Fsp3) is 0.474. The van der Waals surface area contributed by atoms with E-state index in [1.807, 2.05) is 25.1 Å². The SMILES string of the molecule is COc1ccc2c(c1)c(C(=O)N[C@@H](C)C(=O)O)c(C)n2C1CCCC1. The van der Waals surface area contributed by atoms with Crippen LogP contribution >= 0.6 is 0 Å². The van der Waals surface area contributed by atoms with Gasteiger partial charge in [-0.2, -0.15) is 0 Å². The van der Waals surface area contributed by atoms with Gasteiger partial charge >= 0.3 is 5.97 Å². The number of hydrogen-bond donors (Lipinski definition) is 2. The predicted octanol–water partition coefficient (Wildman–Crippen LogP) is 3.28. The molecule has 134 valence electrons. The molecule has 0 bridgehead atoms. The van der Waals surface area contributed by atoms with Crippen LogP contribution in [-0.2, 0) is 4.79 Å². The molecule has 0 spiro atoms. The van der Waals surface area contributed by atoms with Crippen molar-refractivity contribution < 1.29 is 19.4 Å². The van der Waals surface area contributed by atoms with Crippen LogP contribution in [0.5, 0.6) is 5.75 Å². The van der Waals surface area contributed by atoms with E-state index in [-0.39, 0.29) is 5.91 Å². The van der Waals surface area contributed by atoms with Crippen molar-refractivity contribution in [2.24, 2.45) is 0 Å². The topological polar surface area (TPSA) is 80.6 Å². The maximum absolute atomic E-state index is 12.8. The molecule has 1 aliphatic carbocycles. The van der Waals surface area contributed by atoms with Gasteiger partial charge in [0.2, 0.25) is 0 Å². The number of rotatable bonds is 5. The van der Waals surface area contributed by atoms with Crippen molar-refractivity contribution in [2.75, 3.05) is 7.11 Å². The number of methoxy groups -OCH3 is 1. The summed E-state index contributed by atoms with van der Waals surface area (Å²) in [6.45, 7) is 3.40. The third kappa shape index (κ3) is 3.08. The van der Waals surface area contributed by atoms with E-state index >= 15 is 0 Å². The Morgan fingerprint density at radius 2 is 2.00 bits per heavy atom. The van der Waals surface area contributed by atoms with E-state index in [1.54, 1.807) is 7.11 Å². The molecule has 1 aromatic heterocycles. The lowest BCUT2D eigenvalue weighted by Gasteiger charge is -2.16. The van der Waals surface area contributed by atoms with Gasteiger partial charge in [0.15, 0.2) is 0 Å². The number of carboxylic acid groups (broad SMARTS) is 1. The summed E-state index contributed by atoms with van der Waals surface area (Å²) in [6.07, 6.45) is 4.58. The molecule has 25 heavy (non-hydrogen) atoms. The molecule has 0 unspecified atom stereocenters. The van der Waals surface area contributed by atoms with Gasteiger partial charge < -0.3 is 19.7 Å². The molecule has 1 heterocycles. The number of amides is 1. The highest BCUT2D eigenvalue weighted by molar-refractivity contribution is 6.09. The Morgan fingerprint density at radius 3 is 2.60 bits per heavy atom. The fourth-order valence-corrected chi connectivity index (χ4v) is 3.80. The minimum Gasteiger partial charge on any atom is -0.497 e. The molecular weight excluding hydrogens is 320 g/mol. The average Bonchev–Trinajstić information content (AvgIpc) is 3.18. The van der Waals surface area contributed by atoms with Crippen LogP contribution in [0.1, 0.15) is 54.7 Å². The number of fused-ring (bicyclic) bond motifs is 1. The lowest BCUT2D eigenvalue weighted by molar-refractivity contribution is -0.138. The highest BCUT2D eigenvalue weighted by atomic mass is 16.5. The Bertz CT molecular complexity index is 818. The summed E-state index contributed by atoms with van der Waals surface area (Å²) in [5.41, 5.74) is 2.41. The summed E-state index contributed by atoms with van der Waals surface area (Å²) in [4.78, 5) is 23.9. The second kappa shape index (κ2) is 6.78. The summed E-state index contributed by atoms with van der Waals surface area (Å²) < 4.78 is 7.55. The third-order valence-corrected chi connectivity index (χ3v) is 5.09. The van der Waals surface area contributed by atoms with Crippen molar-refractivity contribution in [3.05, 3.63) is 29.5 Å². The van der Waals surface area contributed by atoms with Crippen LogP contribution in [0, 0.1) is 6.92 Å². The van der Waals surface area contributed by atoms with E-state index in [0.29, 0.717) is 17.4 Å². The Hall–Kier alpha value is -2.50. The lowest BCUT2D eigenvalue weighted by Crippen LogP contribution is -2.38. The third-order valence-electron chi connectivity index (χ3n) is 5.09. The molecule has 1 atom stereocenters. The van der Waals surface area contributed by atoms with Crippen LogP contribution in [-0.4, -0.2) is 34.7 Å². The molecule has 0 aliphatic heterocycles. The van der Waals surface area contributed by atoms with Gasteiger partial charge in [0.25, 0.3) is 5.91 Å². The molecule has 2 N–H and O–H groups in total. The first-order valence-corrected chi connectivity index (χ1v) is 8.66. The van der Waals surface area contributed by atoms with Crippen LogP contribution in [0.2, 0.25) is 0 Å². The van der Waals surface area contributed by atoms with Gasteiger partial charge in [-0.05, 0) is 44.9 Å². The number of carbonyl (C=O) groups excluding carboxylic acids is 1. The summed E-state index contributed by atoms with van der Waals surface area (Å²) in [7, 11) is 1.59. The van der Waals surface area contributed by atoms with Gasteiger partial charge in [-0.15, -0.1) is 0 Å². The van der Waals surface area contributed by atoms with E-state index in [9.17, 15) is 9.59 Å². The predicted molar refractivity (Wildman–Crippen MR) is 95.3 cm³/mol. The van der Waals surface area contributed by atoms with Crippen molar-refractivity contribution in [1.82, 2.24) is 9.88 Å². The van der Waals surface area contributed by atoms with Gasteiger partial charge in [-0.3, -0.25) is 9.59 Å². The first-order chi connectivity index (χ1) is 11.9. The Kier molecular flexibility index (Phi) is 4.70. The quantitative estimate of drug-likeness (QED) is 0.872. The van der Waals surface area contributed by atoms with E-state index in [4.69, 9.17) is 9.84 Å². The first-order valence-electron chi connectivity index (χ1n) is 8.66. The number of carboxylic acids is 1. The zero-order valence-electron chi connectivity index (χ0n) is 14.8. The molecule has 1 aromatic carbocycles.